The van der Waals surface area contributed by atoms with Gasteiger partial charge in [-0.15, -0.1) is 11.3 Å². The van der Waals surface area contributed by atoms with Crippen LogP contribution in [0.4, 0.5) is 13.2 Å². The van der Waals surface area contributed by atoms with Crippen LogP contribution in [0.5, 0.6) is 0 Å². The van der Waals surface area contributed by atoms with E-state index >= 15 is 0 Å². The number of hydrogen-bond acceptors (Lipinski definition) is 6. The number of nitrogens with zero attached hydrogens (tertiary/aromatic N) is 2. The number of allylic oxidation sites excluding steroid dienone is 1. The predicted molar refractivity (Wildman–Crippen MR) is 163 cm³/mol. The fourth-order valence-electron chi connectivity index (χ4n) is 6.26. The molecule has 3 atom stereocenters. The van der Waals surface area contributed by atoms with Crippen molar-refractivity contribution in [3.8, 4) is 11.1 Å². The lowest BCUT2D eigenvalue weighted by atomic mass is 9.81. The molecule has 44 heavy (non-hydrogen) atoms. The van der Waals surface area contributed by atoms with Gasteiger partial charge in [-0.25, -0.2) is 4.79 Å². The van der Waals surface area contributed by atoms with Crippen molar-refractivity contribution in [3.63, 3.8) is 0 Å². The number of thiophene rings is 1. The number of pyridine rings is 1. The Morgan fingerprint density at radius 3 is 2.36 bits per heavy atom. The number of likely N-dealkylation sites (tertiary alicyclic amines) is 1. The zero-order chi connectivity index (χ0) is 32.4. The molecule has 3 aliphatic rings. The first kappa shape index (κ1) is 32.1. The Kier molecular flexibility index (Phi) is 8.22. The van der Waals surface area contributed by atoms with Gasteiger partial charge in [0.15, 0.2) is 0 Å². The minimum Gasteiger partial charge on any atom is -0.475 e. The van der Waals surface area contributed by atoms with Crippen LogP contribution in [0.15, 0.2) is 42.1 Å². The Hall–Kier alpha value is -3.28. The summed E-state index contributed by atoms with van der Waals surface area (Å²) in [7, 11) is 0. The second-order valence-electron chi connectivity index (χ2n) is 12.8. The van der Waals surface area contributed by atoms with Gasteiger partial charge in [-0.1, -0.05) is 37.1 Å². The summed E-state index contributed by atoms with van der Waals surface area (Å²) in [6.45, 7) is 8.57. The van der Waals surface area contributed by atoms with Crippen molar-refractivity contribution in [2.45, 2.75) is 71.6 Å². The van der Waals surface area contributed by atoms with Gasteiger partial charge in [-0.2, -0.15) is 13.2 Å². The lowest BCUT2D eigenvalue weighted by Gasteiger charge is -2.29. The molecule has 3 aromatic rings. The number of benzene rings is 1. The van der Waals surface area contributed by atoms with Crippen molar-refractivity contribution < 1.29 is 32.7 Å². The largest absolute Gasteiger partial charge is 0.490 e. The number of alkyl halides is 3. The summed E-state index contributed by atoms with van der Waals surface area (Å²) in [5.41, 5.74) is 13.0. The molecule has 2 amide bonds. The Morgan fingerprint density at radius 1 is 1.16 bits per heavy atom. The third kappa shape index (κ3) is 6.14. The molecule has 3 N–H and O–H groups in total. The van der Waals surface area contributed by atoms with Crippen LogP contribution >= 0.6 is 22.9 Å². The Balaban J connectivity index is 0.000000493. The van der Waals surface area contributed by atoms with Gasteiger partial charge < -0.3 is 10.8 Å². The average molecular weight is 648 g/mol. The van der Waals surface area contributed by atoms with E-state index in [-0.39, 0.29) is 34.6 Å². The van der Waals surface area contributed by atoms with E-state index in [9.17, 15) is 22.8 Å². The van der Waals surface area contributed by atoms with Crippen molar-refractivity contribution >= 4 is 50.9 Å². The van der Waals surface area contributed by atoms with E-state index in [1.54, 1.807) is 11.3 Å². The molecule has 3 unspecified atom stereocenters. The Labute approximate surface area is 261 Å². The molecule has 0 radical (unpaired) electrons. The second kappa shape index (κ2) is 11.3. The van der Waals surface area contributed by atoms with Crippen LogP contribution < -0.4 is 5.73 Å². The SMILES string of the molecule is Cc1cc(Cl)cc(-c2ccnc3cc(CN4C(=O)C5C(C4=O)C5(C)C)sc23)c1CC1=CCC(C)(N)CC1.O=C(O)C(F)(F)F. The number of aryl methyl sites for hydroxylation is 1. The van der Waals surface area contributed by atoms with Crippen LogP contribution in [0.25, 0.3) is 21.3 Å². The monoisotopic (exact) mass is 647 g/mol. The first-order valence-electron chi connectivity index (χ1n) is 14.2. The number of halogens is 4. The van der Waals surface area contributed by atoms with Gasteiger partial charge in [0.1, 0.15) is 0 Å². The number of carboxylic acid groups (broad SMARTS) is 1. The first-order chi connectivity index (χ1) is 20.4. The number of nitrogens with two attached hydrogens (primary N) is 1. The first-order valence-corrected chi connectivity index (χ1v) is 15.4. The normalized spacial score (nSPS) is 24.1. The Bertz CT molecular complexity index is 1690. The number of fused-ring (bicyclic) bond motifs is 2. The van der Waals surface area contributed by atoms with E-state index in [0.29, 0.717) is 11.6 Å². The summed E-state index contributed by atoms with van der Waals surface area (Å²) in [5.74, 6) is -3.15. The van der Waals surface area contributed by atoms with Crippen LogP contribution in [0.3, 0.4) is 0 Å². The van der Waals surface area contributed by atoms with Crippen LogP contribution in [-0.2, 0) is 27.3 Å². The molecule has 1 saturated carbocycles. The lowest BCUT2D eigenvalue weighted by molar-refractivity contribution is -0.192. The summed E-state index contributed by atoms with van der Waals surface area (Å²) in [5, 5.41) is 7.83. The summed E-state index contributed by atoms with van der Waals surface area (Å²) in [4.78, 5) is 41.7. The smallest absolute Gasteiger partial charge is 0.475 e. The molecular formula is C32H33ClF3N3O4S. The highest BCUT2D eigenvalue weighted by molar-refractivity contribution is 7.19. The number of carbonyl (C=O) groups is 3. The number of aliphatic carboxylic acids is 1. The number of amides is 2. The van der Waals surface area contributed by atoms with Crippen molar-refractivity contribution in [1.29, 1.82) is 0 Å². The minimum atomic E-state index is -5.08. The standard InChI is InChI=1S/C30H32ClN3O2S.C2HF3O2/c1-16-11-18(31)13-22(21(16)12-17-5-8-30(4,32)9-6-17)20-7-10-33-23-14-19(37-26(20)23)15-34-27(35)24-25(28(34)36)29(24,2)3;3-2(4,5)1(6)7/h5,7,10-11,13-14,24-25H,6,8-9,12,15,32H2,1-4H3;(H,6,7). The van der Waals surface area contributed by atoms with Crippen LogP contribution in [0, 0.1) is 24.2 Å². The maximum atomic E-state index is 12.9. The molecule has 7 nitrogen and oxygen atoms in total. The molecule has 1 aromatic carbocycles. The quantitative estimate of drug-likeness (QED) is 0.226. The highest BCUT2D eigenvalue weighted by Crippen LogP contribution is 2.63. The fraction of sp³-hybridized carbons (Fsp3) is 0.438. The van der Waals surface area contributed by atoms with Gasteiger partial charge in [0, 0.05) is 27.2 Å². The predicted octanol–water partition coefficient (Wildman–Crippen LogP) is 7.07. The zero-order valence-corrected chi connectivity index (χ0v) is 26.3. The van der Waals surface area contributed by atoms with Crippen LogP contribution in [0.1, 0.15) is 56.0 Å². The molecule has 6 rings (SSSR count). The van der Waals surface area contributed by atoms with E-state index < -0.39 is 12.1 Å². The molecule has 2 fully saturated rings. The molecule has 2 aliphatic carbocycles. The number of rotatable bonds is 5. The summed E-state index contributed by atoms with van der Waals surface area (Å²) < 4.78 is 32.8. The molecule has 1 saturated heterocycles. The van der Waals surface area contributed by atoms with Gasteiger partial charge in [0.2, 0.25) is 11.8 Å². The molecular weight excluding hydrogens is 615 g/mol. The van der Waals surface area contributed by atoms with Crippen molar-refractivity contribution in [2.24, 2.45) is 23.0 Å². The van der Waals surface area contributed by atoms with Crippen LogP contribution in [-0.4, -0.2) is 44.5 Å². The van der Waals surface area contributed by atoms with E-state index in [4.69, 9.17) is 27.2 Å². The third-order valence-electron chi connectivity index (χ3n) is 8.92. The molecule has 12 heteroatoms. The Morgan fingerprint density at radius 2 is 1.80 bits per heavy atom. The minimum absolute atomic E-state index is 0.0345. The van der Waals surface area contributed by atoms with Crippen molar-refractivity contribution in [3.05, 3.63) is 63.1 Å². The fourth-order valence-corrected chi connectivity index (χ4v) is 7.66. The maximum Gasteiger partial charge on any atom is 0.490 e. The van der Waals surface area contributed by atoms with Gasteiger partial charge in [-0.3, -0.25) is 19.5 Å². The van der Waals surface area contributed by atoms with Crippen molar-refractivity contribution in [2.75, 3.05) is 0 Å². The maximum absolute atomic E-state index is 12.9. The van der Waals surface area contributed by atoms with Crippen molar-refractivity contribution in [1.82, 2.24) is 9.88 Å². The highest BCUT2D eigenvalue weighted by atomic mass is 35.5. The zero-order valence-electron chi connectivity index (χ0n) is 24.7. The lowest BCUT2D eigenvalue weighted by Crippen LogP contribution is -2.37. The van der Waals surface area contributed by atoms with E-state index in [0.717, 1.165) is 51.9 Å². The van der Waals surface area contributed by atoms with E-state index in [2.05, 4.69) is 31.0 Å². The summed E-state index contributed by atoms with van der Waals surface area (Å²) in [6, 6.07) is 8.15. The molecule has 3 heterocycles. The van der Waals surface area contributed by atoms with E-state index in [1.807, 2.05) is 38.2 Å². The number of carbonyl (C=O) groups excluding carboxylic acids is 2. The third-order valence-corrected chi connectivity index (χ3v) is 10.3. The second-order valence-corrected chi connectivity index (χ2v) is 14.3. The average Bonchev–Trinajstić information content (AvgIpc) is 3.15. The number of imide groups is 1. The van der Waals surface area contributed by atoms with E-state index in [1.165, 1.54) is 21.6 Å². The summed E-state index contributed by atoms with van der Waals surface area (Å²) >= 11 is 8.18. The molecule has 0 spiro atoms. The number of carboxylic acids is 1. The highest BCUT2D eigenvalue weighted by Gasteiger charge is 2.72. The molecule has 0 bridgehead atoms. The van der Waals surface area contributed by atoms with Gasteiger partial charge >= 0.3 is 12.1 Å². The van der Waals surface area contributed by atoms with Crippen LogP contribution in [0.2, 0.25) is 5.02 Å². The number of piperidine rings is 1. The van der Waals surface area contributed by atoms with Gasteiger partial charge in [0.05, 0.1) is 28.6 Å². The van der Waals surface area contributed by atoms with Gasteiger partial charge in [-0.05, 0) is 85.9 Å². The molecule has 1 aliphatic heterocycles. The number of aromatic nitrogens is 1. The molecule has 234 valence electrons. The topological polar surface area (TPSA) is 114 Å². The summed E-state index contributed by atoms with van der Waals surface area (Å²) in [6.07, 6.45) is 2.80. The number of hydrogen-bond donors (Lipinski definition) is 2. The van der Waals surface area contributed by atoms with Gasteiger partial charge in [0.25, 0.3) is 0 Å². The molecule has 2 aromatic heterocycles.